The lowest BCUT2D eigenvalue weighted by atomic mass is 9.98. The molecule has 2 heterocycles. The predicted molar refractivity (Wildman–Crippen MR) is 115 cm³/mol. The standard InChI is InChI=1S/C23H28N2O3S/c1-16-4-7-21(8-5-16)29(27,28)25-18(3)14-20-15-19(6-9-22(20)25)23(26)24-12-10-17(2)11-13-24/h4-9,15,17-18H,10-14H2,1-3H3/t18-/m1/s1. The van der Waals surface area contributed by atoms with Crippen molar-refractivity contribution < 1.29 is 13.2 Å². The van der Waals surface area contributed by atoms with E-state index in [-0.39, 0.29) is 11.9 Å². The Kier molecular flexibility index (Phi) is 5.15. The van der Waals surface area contributed by atoms with Gasteiger partial charge in [-0.05, 0) is 74.9 Å². The molecule has 1 saturated heterocycles. The number of fused-ring (bicyclic) bond motifs is 1. The third-order valence-electron chi connectivity index (χ3n) is 6.13. The van der Waals surface area contributed by atoms with Gasteiger partial charge in [-0.15, -0.1) is 0 Å². The van der Waals surface area contributed by atoms with Gasteiger partial charge in [-0.2, -0.15) is 0 Å². The Balaban J connectivity index is 1.63. The lowest BCUT2D eigenvalue weighted by Gasteiger charge is -2.30. The number of benzene rings is 2. The van der Waals surface area contributed by atoms with E-state index in [1.54, 1.807) is 24.3 Å². The van der Waals surface area contributed by atoms with Gasteiger partial charge < -0.3 is 4.90 Å². The van der Waals surface area contributed by atoms with Crippen molar-refractivity contribution in [2.24, 2.45) is 5.92 Å². The fourth-order valence-electron chi connectivity index (χ4n) is 4.32. The number of amides is 1. The first-order valence-corrected chi connectivity index (χ1v) is 11.7. The molecule has 1 amide bonds. The molecule has 29 heavy (non-hydrogen) atoms. The van der Waals surface area contributed by atoms with Crippen LogP contribution in [0.2, 0.25) is 0 Å². The zero-order chi connectivity index (χ0) is 20.8. The van der Waals surface area contributed by atoms with Crippen LogP contribution < -0.4 is 4.31 Å². The molecule has 0 radical (unpaired) electrons. The summed E-state index contributed by atoms with van der Waals surface area (Å²) in [5, 5.41) is 0. The van der Waals surface area contributed by atoms with Crippen LogP contribution in [0.25, 0.3) is 0 Å². The number of piperidine rings is 1. The summed E-state index contributed by atoms with van der Waals surface area (Å²) in [5.41, 5.74) is 3.28. The molecule has 2 aliphatic heterocycles. The highest BCUT2D eigenvalue weighted by Gasteiger charge is 2.36. The number of hydrogen-bond donors (Lipinski definition) is 0. The average Bonchev–Trinajstić information content (AvgIpc) is 3.04. The largest absolute Gasteiger partial charge is 0.339 e. The van der Waals surface area contributed by atoms with Gasteiger partial charge in [-0.1, -0.05) is 24.6 Å². The van der Waals surface area contributed by atoms with Crippen LogP contribution in [-0.2, 0) is 16.4 Å². The van der Waals surface area contributed by atoms with Crippen molar-refractivity contribution in [2.45, 2.75) is 51.0 Å². The number of nitrogens with zero attached hydrogens (tertiary/aromatic N) is 2. The molecule has 6 heteroatoms. The van der Waals surface area contributed by atoms with E-state index in [4.69, 9.17) is 0 Å². The lowest BCUT2D eigenvalue weighted by molar-refractivity contribution is 0.0697. The molecular formula is C23H28N2O3S. The van der Waals surface area contributed by atoms with Crippen LogP contribution in [0.5, 0.6) is 0 Å². The first-order valence-electron chi connectivity index (χ1n) is 10.3. The number of carbonyl (C=O) groups is 1. The van der Waals surface area contributed by atoms with Gasteiger partial charge in [0, 0.05) is 24.7 Å². The lowest BCUT2D eigenvalue weighted by Crippen LogP contribution is -2.38. The summed E-state index contributed by atoms with van der Waals surface area (Å²) in [6.45, 7) is 7.66. The predicted octanol–water partition coefficient (Wildman–Crippen LogP) is 4.01. The number of anilines is 1. The Labute approximate surface area is 173 Å². The highest BCUT2D eigenvalue weighted by Crippen LogP contribution is 2.37. The third-order valence-corrected chi connectivity index (χ3v) is 8.07. The maximum atomic E-state index is 13.3. The van der Waals surface area contributed by atoms with E-state index in [0.29, 0.717) is 28.5 Å². The number of rotatable bonds is 3. The fourth-order valence-corrected chi connectivity index (χ4v) is 6.01. The summed E-state index contributed by atoms with van der Waals surface area (Å²) in [6.07, 6.45) is 2.69. The molecule has 0 N–H and O–H groups in total. The Bertz CT molecular complexity index is 1020. The number of carbonyl (C=O) groups excluding carboxylic acids is 1. The second-order valence-corrected chi connectivity index (χ2v) is 10.3. The SMILES string of the molecule is Cc1ccc(S(=O)(=O)N2c3ccc(C(=O)N4CCC(C)CC4)cc3C[C@H]2C)cc1. The van der Waals surface area contributed by atoms with Crippen molar-refractivity contribution >= 4 is 21.6 Å². The smallest absolute Gasteiger partial charge is 0.264 e. The first-order chi connectivity index (χ1) is 13.8. The molecule has 2 aromatic carbocycles. The number of likely N-dealkylation sites (tertiary alicyclic amines) is 1. The molecule has 2 aromatic rings. The van der Waals surface area contributed by atoms with E-state index in [0.717, 1.165) is 37.1 Å². The quantitative estimate of drug-likeness (QED) is 0.765. The van der Waals surface area contributed by atoms with E-state index in [1.165, 1.54) is 4.31 Å². The monoisotopic (exact) mass is 412 g/mol. The summed E-state index contributed by atoms with van der Waals surface area (Å²) < 4.78 is 28.0. The molecule has 1 fully saturated rings. The highest BCUT2D eigenvalue weighted by atomic mass is 32.2. The summed E-state index contributed by atoms with van der Waals surface area (Å²) in [7, 11) is -3.64. The van der Waals surface area contributed by atoms with E-state index >= 15 is 0 Å². The van der Waals surface area contributed by atoms with Gasteiger partial charge >= 0.3 is 0 Å². The normalized spacial score (nSPS) is 20.0. The third kappa shape index (κ3) is 3.66. The van der Waals surface area contributed by atoms with Crippen molar-refractivity contribution in [1.82, 2.24) is 4.90 Å². The molecule has 4 rings (SSSR count). The van der Waals surface area contributed by atoms with Gasteiger partial charge in [-0.3, -0.25) is 9.10 Å². The Morgan fingerprint density at radius 2 is 1.66 bits per heavy atom. The molecular weight excluding hydrogens is 384 g/mol. The van der Waals surface area contributed by atoms with Crippen LogP contribution in [0, 0.1) is 12.8 Å². The average molecular weight is 413 g/mol. The van der Waals surface area contributed by atoms with Crippen LogP contribution in [0.4, 0.5) is 5.69 Å². The fraction of sp³-hybridized carbons (Fsp3) is 0.435. The second kappa shape index (κ2) is 7.48. The topological polar surface area (TPSA) is 57.7 Å². The molecule has 0 bridgehead atoms. The zero-order valence-corrected chi connectivity index (χ0v) is 18.1. The molecule has 0 aromatic heterocycles. The van der Waals surface area contributed by atoms with Gasteiger partial charge in [0.2, 0.25) is 0 Å². The van der Waals surface area contributed by atoms with E-state index < -0.39 is 10.0 Å². The van der Waals surface area contributed by atoms with Crippen LogP contribution in [0.1, 0.15) is 48.2 Å². The number of sulfonamides is 1. The van der Waals surface area contributed by atoms with Crippen molar-refractivity contribution in [3.8, 4) is 0 Å². The maximum Gasteiger partial charge on any atom is 0.264 e. The molecule has 0 spiro atoms. The van der Waals surface area contributed by atoms with Crippen molar-refractivity contribution in [3.05, 3.63) is 59.2 Å². The first kappa shape index (κ1) is 20.0. The van der Waals surface area contributed by atoms with Crippen LogP contribution >= 0.6 is 0 Å². The minimum absolute atomic E-state index is 0.0483. The molecule has 1 atom stereocenters. The molecule has 154 valence electrons. The van der Waals surface area contributed by atoms with Gasteiger partial charge in [0.05, 0.1) is 10.6 Å². The summed E-state index contributed by atoms with van der Waals surface area (Å²) in [4.78, 5) is 15.1. The van der Waals surface area contributed by atoms with Crippen molar-refractivity contribution in [3.63, 3.8) is 0 Å². The van der Waals surface area contributed by atoms with E-state index in [1.807, 2.05) is 36.9 Å². The van der Waals surface area contributed by atoms with Crippen LogP contribution in [0.15, 0.2) is 47.4 Å². The summed E-state index contributed by atoms with van der Waals surface area (Å²) in [6, 6.07) is 12.2. The molecule has 5 nitrogen and oxygen atoms in total. The Morgan fingerprint density at radius 1 is 1.00 bits per heavy atom. The van der Waals surface area contributed by atoms with Gasteiger partial charge in [0.15, 0.2) is 0 Å². The molecule has 0 unspecified atom stereocenters. The number of hydrogen-bond acceptors (Lipinski definition) is 3. The van der Waals surface area contributed by atoms with Gasteiger partial charge in [0.25, 0.3) is 15.9 Å². The Hall–Kier alpha value is -2.34. The number of aryl methyl sites for hydroxylation is 1. The van der Waals surface area contributed by atoms with E-state index in [9.17, 15) is 13.2 Å². The summed E-state index contributed by atoms with van der Waals surface area (Å²) >= 11 is 0. The van der Waals surface area contributed by atoms with Crippen LogP contribution in [0.3, 0.4) is 0 Å². The minimum Gasteiger partial charge on any atom is -0.339 e. The van der Waals surface area contributed by atoms with Crippen molar-refractivity contribution in [1.29, 1.82) is 0 Å². The van der Waals surface area contributed by atoms with Crippen molar-refractivity contribution in [2.75, 3.05) is 17.4 Å². The molecule has 2 aliphatic rings. The van der Waals surface area contributed by atoms with Gasteiger partial charge in [0.1, 0.15) is 0 Å². The van der Waals surface area contributed by atoms with Crippen LogP contribution in [-0.4, -0.2) is 38.4 Å². The van der Waals surface area contributed by atoms with E-state index in [2.05, 4.69) is 6.92 Å². The Morgan fingerprint density at radius 3 is 2.31 bits per heavy atom. The molecule has 0 saturated carbocycles. The second-order valence-electron chi connectivity index (χ2n) is 8.49. The minimum atomic E-state index is -3.64. The summed E-state index contributed by atoms with van der Waals surface area (Å²) in [5.74, 6) is 0.715. The maximum absolute atomic E-state index is 13.3. The highest BCUT2D eigenvalue weighted by molar-refractivity contribution is 7.92. The molecule has 0 aliphatic carbocycles. The zero-order valence-electron chi connectivity index (χ0n) is 17.3. The van der Waals surface area contributed by atoms with Gasteiger partial charge in [-0.25, -0.2) is 8.42 Å².